The van der Waals surface area contributed by atoms with E-state index in [-0.39, 0.29) is 12.2 Å². The summed E-state index contributed by atoms with van der Waals surface area (Å²) in [6, 6.07) is 11.1. The molecule has 0 aliphatic heterocycles. The van der Waals surface area contributed by atoms with E-state index < -0.39 is 25.0 Å². The number of amides is 2. The van der Waals surface area contributed by atoms with Crippen LogP contribution in [0.3, 0.4) is 0 Å². The van der Waals surface area contributed by atoms with E-state index in [0.29, 0.717) is 23.4 Å². The summed E-state index contributed by atoms with van der Waals surface area (Å²) in [4.78, 5) is 22.8. The van der Waals surface area contributed by atoms with Crippen molar-refractivity contribution in [3.05, 3.63) is 53.6 Å². The number of benzene rings is 2. The number of nitrogens with one attached hydrogen (secondary N) is 2. The molecule has 8 heteroatoms. The van der Waals surface area contributed by atoms with E-state index in [1.807, 2.05) is 0 Å². The molecule has 2 aromatic rings. The second kappa shape index (κ2) is 9.51. The molecule has 0 atom stereocenters. The fourth-order valence-corrected chi connectivity index (χ4v) is 2.34. The Labute approximate surface area is 155 Å². The van der Waals surface area contributed by atoms with Gasteiger partial charge in [0.15, 0.2) is 0 Å². The number of carboxylic acids is 1. The van der Waals surface area contributed by atoms with Crippen molar-refractivity contribution in [1.29, 1.82) is 0 Å². The van der Waals surface area contributed by atoms with Crippen LogP contribution in [0, 0.1) is 6.92 Å². The highest BCUT2D eigenvalue weighted by molar-refractivity contribution is 5.99. The van der Waals surface area contributed by atoms with Crippen molar-refractivity contribution in [2.24, 2.45) is 0 Å². The minimum Gasteiger partial charge on any atom is -0.487 e. The lowest BCUT2D eigenvalue weighted by molar-refractivity contribution is -0.136. The number of anilines is 2. The normalized spacial score (nSPS) is 10.5. The molecule has 2 amide bonds. The first-order valence-corrected chi connectivity index (χ1v) is 8.24. The highest BCUT2D eigenvalue weighted by atomic mass is 19.3. The predicted octanol–water partition coefficient (Wildman–Crippen LogP) is 4.30. The summed E-state index contributed by atoms with van der Waals surface area (Å²) in [6.07, 6.45) is -2.23. The average Bonchev–Trinajstić information content (AvgIpc) is 2.60. The van der Waals surface area contributed by atoms with Gasteiger partial charge in [-0.05, 0) is 42.7 Å². The van der Waals surface area contributed by atoms with E-state index in [9.17, 15) is 18.4 Å². The number of ether oxygens (including phenoxy) is 1. The standard InChI is InChI=1S/C19H20F2N2O4/c1-12-5-7-15(10-16(12)27-11-17(20)21)23-19(26)22-14-4-2-3-13(9-14)6-8-18(24)25/h2-5,7,9-10,17H,6,8,11H2,1H3,(H,24,25)(H2,22,23,26). The Kier molecular flexibility index (Phi) is 7.10. The van der Waals surface area contributed by atoms with Crippen LogP contribution in [0.1, 0.15) is 17.5 Å². The summed E-state index contributed by atoms with van der Waals surface area (Å²) in [7, 11) is 0. The second-order valence-electron chi connectivity index (χ2n) is 5.86. The van der Waals surface area contributed by atoms with Gasteiger partial charge in [-0.2, -0.15) is 0 Å². The number of rotatable bonds is 8. The van der Waals surface area contributed by atoms with Gasteiger partial charge in [0.05, 0.1) is 0 Å². The number of hydrogen-bond acceptors (Lipinski definition) is 3. The molecule has 0 unspecified atom stereocenters. The first-order valence-electron chi connectivity index (χ1n) is 8.24. The molecule has 0 spiro atoms. The molecule has 2 rings (SSSR count). The Morgan fingerprint density at radius 3 is 2.48 bits per heavy atom. The van der Waals surface area contributed by atoms with E-state index in [0.717, 1.165) is 5.56 Å². The zero-order valence-corrected chi connectivity index (χ0v) is 14.7. The van der Waals surface area contributed by atoms with Crippen LogP contribution in [0.4, 0.5) is 25.0 Å². The van der Waals surface area contributed by atoms with Gasteiger partial charge in [-0.1, -0.05) is 18.2 Å². The number of carbonyl (C=O) groups excluding carboxylic acids is 1. The Hall–Kier alpha value is -3.16. The lowest BCUT2D eigenvalue weighted by atomic mass is 10.1. The van der Waals surface area contributed by atoms with Crippen LogP contribution >= 0.6 is 0 Å². The number of urea groups is 1. The molecule has 0 saturated carbocycles. The van der Waals surface area contributed by atoms with Crippen LogP contribution in [0.5, 0.6) is 5.75 Å². The smallest absolute Gasteiger partial charge is 0.323 e. The summed E-state index contributed by atoms with van der Waals surface area (Å²) in [5.41, 5.74) is 2.36. The molecule has 0 bridgehead atoms. The third kappa shape index (κ3) is 6.93. The van der Waals surface area contributed by atoms with Gasteiger partial charge in [-0.3, -0.25) is 4.79 Å². The number of aliphatic carboxylic acids is 1. The van der Waals surface area contributed by atoms with E-state index in [2.05, 4.69) is 10.6 Å². The average molecular weight is 378 g/mol. The molecular formula is C19H20F2N2O4. The molecule has 27 heavy (non-hydrogen) atoms. The first-order chi connectivity index (χ1) is 12.8. The van der Waals surface area contributed by atoms with Crippen molar-refractivity contribution in [2.45, 2.75) is 26.2 Å². The van der Waals surface area contributed by atoms with Gasteiger partial charge in [0.1, 0.15) is 12.4 Å². The van der Waals surface area contributed by atoms with Gasteiger partial charge >= 0.3 is 12.0 Å². The van der Waals surface area contributed by atoms with Crippen LogP contribution < -0.4 is 15.4 Å². The number of carboxylic acid groups (broad SMARTS) is 1. The number of carbonyl (C=O) groups is 2. The summed E-state index contributed by atoms with van der Waals surface area (Å²) in [5, 5.41) is 14.0. The van der Waals surface area contributed by atoms with Gasteiger partial charge in [0.2, 0.25) is 0 Å². The lowest BCUT2D eigenvalue weighted by Gasteiger charge is -2.12. The minimum absolute atomic E-state index is 0.000407. The lowest BCUT2D eigenvalue weighted by Crippen LogP contribution is -2.19. The van der Waals surface area contributed by atoms with Crippen LogP contribution in [0.15, 0.2) is 42.5 Å². The monoisotopic (exact) mass is 378 g/mol. The second-order valence-corrected chi connectivity index (χ2v) is 5.86. The van der Waals surface area contributed by atoms with Crippen molar-refractivity contribution in [1.82, 2.24) is 0 Å². The molecule has 0 aliphatic carbocycles. The minimum atomic E-state index is -2.59. The maximum absolute atomic E-state index is 12.3. The molecule has 0 aromatic heterocycles. The van der Waals surface area contributed by atoms with E-state index >= 15 is 0 Å². The maximum atomic E-state index is 12.3. The van der Waals surface area contributed by atoms with E-state index in [1.165, 1.54) is 6.07 Å². The Balaban J connectivity index is 1.98. The SMILES string of the molecule is Cc1ccc(NC(=O)Nc2cccc(CCC(=O)O)c2)cc1OCC(F)F. The zero-order valence-electron chi connectivity index (χ0n) is 14.7. The van der Waals surface area contributed by atoms with Crippen molar-refractivity contribution < 1.29 is 28.2 Å². The predicted molar refractivity (Wildman–Crippen MR) is 97.7 cm³/mol. The molecule has 2 aromatic carbocycles. The Morgan fingerprint density at radius 1 is 1.11 bits per heavy atom. The van der Waals surface area contributed by atoms with Gasteiger partial charge in [-0.15, -0.1) is 0 Å². The number of hydrogen-bond donors (Lipinski definition) is 3. The summed E-state index contributed by atoms with van der Waals surface area (Å²) >= 11 is 0. The highest BCUT2D eigenvalue weighted by Crippen LogP contribution is 2.23. The first kappa shape index (κ1) is 20.2. The molecule has 0 radical (unpaired) electrons. The highest BCUT2D eigenvalue weighted by Gasteiger charge is 2.09. The summed E-state index contributed by atoms with van der Waals surface area (Å²) in [6.45, 7) is 0.993. The Morgan fingerprint density at radius 2 is 1.81 bits per heavy atom. The van der Waals surface area contributed by atoms with Gasteiger partial charge < -0.3 is 20.5 Å². The number of alkyl halides is 2. The topological polar surface area (TPSA) is 87.7 Å². The van der Waals surface area contributed by atoms with Crippen molar-refractivity contribution in [3.63, 3.8) is 0 Å². The fraction of sp³-hybridized carbons (Fsp3) is 0.263. The molecule has 3 N–H and O–H groups in total. The molecule has 144 valence electrons. The van der Waals surface area contributed by atoms with Crippen LogP contribution in [0.25, 0.3) is 0 Å². The molecule has 0 aliphatic rings. The summed E-state index contributed by atoms with van der Waals surface area (Å²) < 4.78 is 29.6. The molecular weight excluding hydrogens is 358 g/mol. The molecule has 0 heterocycles. The van der Waals surface area contributed by atoms with Crippen LogP contribution in [-0.4, -0.2) is 30.1 Å². The Bertz CT molecular complexity index is 812. The maximum Gasteiger partial charge on any atom is 0.323 e. The fourth-order valence-electron chi connectivity index (χ4n) is 2.34. The van der Waals surface area contributed by atoms with E-state index in [4.69, 9.17) is 9.84 Å². The third-order valence-electron chi connectivity index (χ3n) is 3.62. The van der Waals surface area contributed by atoms with Crippen molar-refractivity contribution in [3.8, 4) is 5.75 Å². The zero-order chi connectivity index (χ0) is 19.8. The molecule has 0 saturated heterocycles. The van der Waals surface area contributed by atoms with Gasteiger partial charge in [0, 0.05) is 23.9 Å². The van der Waals surface area contributed by atoms with Gasteiger partial charge in [-0.25, -0.2) is 13.6 Å². The van der Waals surface area contributed by atoms with Gasteiger partial charge in [0.25, 0.3) is 6.43 Å². The van der Waals surface area contributed by atoms with E-state index in [1.54, 1.807) is 43.3 Å². The quantitative estimate of drug-likeness (QED) is 0.639. The number of halogens is 2. The van der Waals surface area contributed by atoms with Crippen molar-refractivity contribution >= 4 is 23.4 Å². The summed E-state index contributed by atoms with van der Waals surface area (Å²) in [5.74, 6) is -0.626. The van der Waals surface area contributed by atoms with Crippen LogP contribution in [-0.2, 0) is 11.2 Å². The molecule has 6 nitrogen and oxygen atoms in total. The molecule has 0 fully saturated rings. The number of aryl methyl sites for hydroxylation is 2. The van der Waals surface area contributed by atoms with Crippen LogP contribution in [0.2, 0.25) is 0 Å². The largest absolute Gasteiger partial charge is 0.487 e. The van der Waals surface area contributed by atoms with Crippen molar-refractivity contribution in [2.75, 3.05) is 17.2 Å². The third-order valence-corrected chi connectivity index (χ3v) is 3.62.